The van der Waals surface area contributed by atoms with E-state index in [1.165, 1.54) is 19.2 Å². The van der Waals surface area contributed by atoms with Gasteiger partial charge in [0.25, 0.3) is 0 Å². The molecule has 1 unspecified atom stereocenters. The summed E-state index contributed by atoms with van der Waals surface area (Å²) in [6.45, 7) is 6.33. The first-order chi connectivity index (χ1) is 13.4. The first-order valence-electron chi connectivity index (χ1n) is 8.70. The molecule has 0 amide bonds. The van der Waals surface area contributed by atoms with Gasteiger partial charge in [0.2, 0.25) is 0 Å². The number of rotatable bonds is 4. The number of alkyl halides is 3. The lowest BCUT2D eigenvalue weighted by molar-refractivity contribution is -0.140. The molecule has 0 saturated carbocycles. The molecule has 1 aromatic carbocycles. The molecule has 3 rings (SSSR count). The van der Waals surface area contributed by atoms with Gasteiger partial charge in [-0.1, -0.05) is 12.1 Å². The van der Waals surface area contributed by atoms with Crippen molar-refractivity contribution in [2.75, 3.05) is 18.6 Å². The first-order valence-corrected chi connectivity index (χ1v) is 11.3. The maximum Gasteiger partial charge on any atom is 0.419 e. The number of aromatic nitrogens is 3. The van der Waals surface area contributed by atoms with Crippen molar-refractivity contribution < 1.29 is 22.1 Å². The maximum absolute atomic E-state index is 14.5. The summed E-state index contributed by atoms with van der Waals surface area (Å²) >= 11 is 0. The van der Waals surface area contributed by atoms with E-state index in [4.69, 9.17) is 0 Å². The number of hydrogen-bond donors (Lipinski definition) is 1. The Kier molecular flexibility index (Phi) is 5.38. The minimum Gasteiger partial charge on any atom is -0.363 e. The van der Waals surface area contributed by atoms with E-state index < -0.39 is 30.7 Å². The first kappa shape index (κ1) is 21.2. The van der Waals surface area contributed by atoms with E-state index in [0.717, 1.165) is 6.07 Å². The van der Waals surface area contributed by atoms with Gasteiger partial charge in [-0.25, -0.2) is 14.4 Å². The Bertz CT molecular complexity index is 1130. The molecule has 29 heavy (non-hydrogen) atoms. The van der Waals surface area contributed by atoms with Gasteiger partial charge in [0.15, 0.2) is 0 Å². The summed E-state index contributed by atoms with van der Waals surface area (Å²) in [6, 6.07) is 3.93. The zero-order valence-corrected chi connectivity index (χ0v) is 17.1. The van der Waals surface area contributed by atoms with Gasteiger partial charge in [0, 0.05) is 10.9 Å². The van der Waals surface area contributed by atoms with Crippen molar-refractivity contribution in [3.8, 4) is 0 Å². The molecule has 0 bridgehead atoms. The Balaban J connectivity index is 2.07. The molecule has 3 aromatic rings. The van der Waals surface area contributed by atoms with Crippen LogP contribution in [0.2, 0.25) is 0 Å². The van der Waals surface area contributed by atoms with E-state index in [0.29, 0.717) is 34.0 Å². The molecule has 2 heterocycles. The summed E-state index contributed by atoms with van der Waals surface area (Å²) in [4.78, 5) is 12.8. The number of nitrogens with one attached hydrogen (secondary N) is 1. The number of anilines is 1. The predicted molar refractivity (Wildman–Crippen MR) is 105 cm³/mol. The highest BCUT2D eigenvalue weighted by molar-refractivity contribution is 7.69. The second-order valence-electron chi connectivity index (χ2n) is 7.10. The van der Waals surface area contributed by atoms with Crippen LogP contribution in [0.4, 0.5) is 23.4 Å². The molecule has 2 aromatic heterocycles. The molecule has 0 fully saturated rings. The van der Waals surface area contributed by atoms with E-state index in [9.17, 15) is 22.1 Å². The number of hydrogen-bond acceptors (Lipinski definition) is 5. The molecule has 0 spiro atoms. The summed E-state index contributed by atoms with van der Waals surface area (Å²) in [5, 5.41) is 3.47. The standard InChI is InChI=1S/C19H19F4N4OP/c1-10(12-6-5-7-14(17(12)20)19(21,22)23)25-18-13-8-16(29(3,4)28)24-9-15(13)26-11(2)27-18/h5-10H,1-4H3,(H,25,26,27). The smallest absolute Gasteiger partial charge is 0.363 e. The van der Waals surface area contributed by atoms with Gasteiger partial charge in [-0.2, -0.15) is 13.2 Å². The van der Waals surface area contributed by atoms with E-state index in [-0.39, 0.29) is 5.56 Å². The van der Waals surface area contributed by atoms with Crippen molar-refractivity contribution in [1.82, 2.24) is 15.0 Å². The van der Waals surface area contributed by atoms with Crippen molar-refractivity contribution in [2.24, 2.45) is 0 Å². The largest absolute Gasteiger partial charge is 0.419 e. The van der Waals surface area contributed by atoms with Crippen LogP contribution >= 0.6 is 7.14 Å². The predicted octanol–water partition coefficient (Wildman–Crippen LogP) is 4.91. The lowest BCUT2D eigenvalue weighted by Gasteiger charge is -2.19. The molecular weight excluding hydrogens is 407 g/mol. The number of benzene rings is 1. The number of nitrogens with zero attached hydrogens (tertiary/aromatic N) is 3. The lowest BCUT2D eigenvalue weighted by atomic mass is 10.0. The number of halogens is 4. The maximum atomic E-state index is 14.5. The van der Waals surface area contributed by atoms with Crippen LogP contribution in [-0.2, 0) is 10.7 Å². The minimum absolute atomic E-state index is 0.143. The number of pyridine rings is 1. The normalized spacial score (nSPS) is 13.5. The van der Waals surface area contributed by atoms with Gasteiger partial charge in [-0.3, -0.25) is 4.98 Å². The van der Waals surface area contributed by atoms with Crippen molar-refractivity contribution in [2.45, 2.75) is 26.1 Å². The van der Waals surface area contributed by atoms with Crippen molar-refractivity contribution in [1.29, 1.82) is 0 Å². The average Bonchev–Trinajstić information content (AvgIpc) is 2.59. The third-order valence-electron chi connectivity index (χ3n) is 4.38. The van der Waals surface area contributed by atoms with Gasteiger partial charge in [-0.05, 0) is 39.3 Å². The van der Waals surface area contributed by atoms with Gasteiger partial charge in [0.1, 0.15) is 30.0 Å². The minimum atomic E-state index is -4.79. The highest BCUT2D eigenvalue weighted by Gasteiger charge is 2.35. The Labute approximate surface area is 165 Å². The molecule has 0 aliphatic rings. The monoisotopic (exact) mass is 426 g/mol. The Morgan fingerprint density at radius 2 is 1.86 bits per heavy atom. The van der Waals surface area contributed by atoms with Crippen LogP contribution in [0.25, 0.3) is 10.9 Å². The SMILES string of the molecule is Cc1nc(NC(C)c2cccc(C(F)(F)F)c2F)c2cc(P(C)(C)=O)ncc2n1. The summed E-state index contributed by atoms with van der Waals surface area (Å²) in [6.07, 6.45) is -3.32. The highest BCUT2D eigenvalue weighted by Crippen LogP contribution is 2.36. The quantitative estimate of drug-likeness (QED) is 0.474. The molecule has 0 saturated heterocycles. The van der Waals surface area contributed by atoms with Gasteiger partial charge < -0.3 is 9.88 Å². The molecule has 10 heteroatoms. The van der Waals surface area contributed by atoms with Crippen molar-refractivity contribution >= 4 is 29.3 Å². The van der Waals surface area contributed by atoms with Crippen LogP contribution in [0.1, 0.15) is 29.9 Å². The van der Waals surface area contributed by atoms with Crippen molar-refractivity contribution in [3.05, 3.63) is 53.2 Å². The average molecular weight is 426 g/mol. The zero-order valence-electron chi connectivity index (χ0n) is 16.2. The van der Waals surface area contributed by atoms with E-state index in [1.54, 1.807) is 26.3 Å². The Morgan fingerprint density at radius 3 is 2.48 bits per heavy atom. The number of fused-ring (bicyclic) bond motifs is 1. The molecule has 0 radical (unpaired) electrons. The van der Waals surface area contributed by atoms with Crippen molar-refractivity contribution in [3.63, 3.8) is 0 Å². The van der Waals surface area contributed by atoms with Gasteiger partial charge in [0.05, 0.1) is 23.3 Å². The third kappa shape index (κ3) is 4.40. The van der Waals surface area contributed by atoms with Gasteiger partial charge >= 0.3 is 6.18 Å². The van der Waals surface area contributed by atoms with Crippen LogP contribution < -0.4 is 10.8 Å². The van der Waals surface area contributed by atoms with E-state index in [2.05, 4.69) is 20.3 Å². The van der Waals surface area contributed by atoms with E-state index in [1.807, 2.05) is 0 Å². The van der Waals surface area contributed by atoms with E-state index >= 15 is 0 Å². The van der Waals surface area contributed by atoms with Crippen LogP contribution in [0.15, 0.2) is 30.5 Å². The lowest BCUT2D eigenvalue weighted by Crippen LogP contribution is -2.16. The van der Waals surface area contributed by atoms with Gasteiger partial charge in [-0.15, -0.1) is 0 Å². The number of aryl methyl sites for hydroxylation is 1. The van der Waals surface area contributed by atoms with Crippen LogP contribution in [0.5, 0.6) is 0 Å². The molecule has 1 N–H and O–H groups in total. The summed E-state index contributed by atoms with van der Waals surface area (Å²) in [5.41, 5.74) is -0.612. The fraction of sp³-hybridized carbons (Fsp3) is 0.316. The van der Waals surface area contributed by atoms with Crippen LogP contribution in [0, 0.1) is 12.7 Å². The topological polar surface area (TPSA) is 67.8 Å². The molecular formula is C19H19F4N4OP. The van der Waals surface area contributed by atoms with Crippen LogP contribution in [-0.4, -0.2) is 28.3 Å². The Morgan fingerprint density at radius 1 is 1.17 bits per heavy atom. The Hall–Kier alpha value is -2.54. The summed E-state index contributed by atoms with van der Waals surface area (Å²) in [5.74, 6) is -0.625. The molecule has 1 atom stereocenters. The third-order valence-corrected chi connectivity index (χ3v) is 5.73. The molecule has 0 aliphatic heterocycles. The summed E-state index contributed by atoms with van der Waals surface area (Å²) < 4.78 is 65.9. The highest BCUT2D eigenvalue weighted by atomic mass is 31.2. The molecule has 0 aliphatic carbocycles. The molecule has 5 nitrogen and oxygen atoms in total. The summed E-state index contributed by atoms with van der Waals surface area (Å²) in [7, 11) is -2.66. The van der Waals surface area contributed by atoms with Crippen LogP contribution in [0.3, 0.4) is 0 Å². The fourth-order valence-corrected chi connectivity index (χ4v) is 3.70. The second kappa shape index (κ2) is 7.37. The zero-order chi connectivity index (χ0) is 21.6. The molecule has 154 valence electrons. The second-order valence-corrected chi connectivity index (χ2v) is 10.3. The fourth-order valence-electron chi connectivity index (χ4n) is 2.93.